The predicted molar refractivity (Wildman–Crippen MR) is 118 cm³/mol. The van der Waals surface area contributed by atoms with E-state index >= 15 is 0 Å². The van der Waals surface area contributed by atoms with Gasteiger partial charge in [0.05, 0.1) is 0 Å². The SMILES string of the molecule is CC(=O)Nc1cccc(OCC(=O)Nc2cccc(-c3nc4cccnc4s3)c2)c1. The van der Waals surface area contributed by atoms with Crippen LogP contribution < -0.4 is 15.4 Å². The smallest absolute Gasteiger partial charge is 0.262 e. The zero-order valence-electron chi connectivity index (χ0n) is 16.1. The second-order valence-corrected chi connectivity index (χ2v) is 7.45. The van der Waals surface area contributed by atoms with Gasteiger partial charge in [-0.15, -0.1) is 0 Å². The molecule has 8 heteroatoms. The van der Waals surface area contributed by atoms with Crippen molar-refractivity contribution in [3.8, 4) is 16.3 Å². The average Bonchev–Trinajstić information content (AvgIpc) is 3.17. The summed E-state index contributed by atoms with van der Waals surface area (Å²) in [6, 6.07) is 18.1. The molecule has 4 aromatic rings. The minimum absolute atomic E-state index is 0.154. The summed E-state index contributed by atoms with van der Waals surface area (Å²) in [4.78, 5) is 33.2. The molecule has 0 radical (unpaired) electrons. The minimum Gasteiger partial charge on any atom is -0.484 e. The number of pyridine rings is 1. The first-order chi connectivity index (χ1) is 14.6. The number of carbonyl (C=O) groups excluding carboxylic acids is 2. The zero-order valence-corrected chi connectivity index (χ0v) is 16.9. The predicted octanol–water partition coefficient (Wildman–Crippen LogP) is 4.33. The molecule has 2 N–H and O–H groups in total. The van der Waals surface area contributed by atoms with Gasteiger partial charge < -0.3 is 15.4 Å². The van der Waals surface area contributed by atoms with Crippen molar-refractivity contribution in [2.24, 2.45) is 0 Å². The molecule has 0 spiro atoms. The molecule has 0 unspecified atom stereocenters. The number of anilines is 2. The number of hydrogen-bond acceptors (Lipinski definition) is 6. The van der Waals surface area contributed by atoms with Gasteiger partial charge in [-0.2, -0.15) is 0 Å². The highest BCUT2D eigenvalue weighted by Gasteiger charge is 2.09. The lowest BCUT2D eigenvalue weighted by molar-refractivity contribution is -0.118. The van der Waals surface area contributed by atoms with E-state index in [1.54, 1.807) is 30.5 Å². The number of carbonyl (C=O) groups is 2. The van der Waals surface area contributed by atoms with Crippen LogP contribution in [-0.2, 0) is 9.59 Å². The highest BCUT2D eigenvalue weighted by Crippen LogP contribution is 2.30. The topological polar surface area (TPSA) is 93.2 Å². The van der Waals surface area contributed by atoms with E-state index in [0.717, 1.165) is 20.9 Å². The molecule has 30 heavy (non-hydrogen) atoms. The van der Waals surface area contributed by atoms with Gasteiger partial charge in [-0.3, -0.25) is 9.59 Å². The monoisotopic (exact) mass is 418 g/mol. The number of benzene rings is 2. The van der Waals surface area contributed by atoms with Crippen molar-refractivity contribution in [1.82, 2.24) is 9.97 Å². The number of nitrogens with zero attached hydrogens (tertiary/aromatic N) is 2. The van der Waals surface area contributed by atoms with Crippen LogP contribution in [0.2, 0.25) is 0 Å². The Kier molecular flexibility index (Phi) is 5.67. The Balaban J connectivity index is 1.40. The summed E-state index contributed by atoms with van der Waals surface area (Å²) in [5, 5.41) is 6.34. The fourth-order valence-corrected chi connectivity index (χ4v) is 3.74. The fraction of sp³-hybridized carbons (Fsp3) is 0.0909. The molecule has 2 aromatic carbocycles. The van der Waals surface area contributed by atoms with Gasteiger partial charge in [0.15, 0.2) is 6.61 Å². The fourth-order valence-electron chi connectivity index (χ4n) is 2.84. The zero-order chi connectivity index (χ0) is 20.9. The molecular weight excluding hydrogens is 400 g/mol. The Hall–Kier alpha value is -3.78. The summed E-state index contributed by atoms with van der Waals surface area (Å²) in [7, 11) is 0. The molecule has 0 bridgehead atoms. The van der Waals surface area contributed by atoms with Gasteiger partial charge >= 0.3 is 0 Å². The Morgan fingerprint density at radius 1 is 1.00 bits per heavy atom. The molecule has 4 rings (SSSR count). The van der Waals surface area contributed by atoms with Crippen molar-refractivity contribution in [2.75, 3.05) is 17.2 Å². The Morgan fingerprint density at radius 2 is 1.80 bits per heavy atom. The largest absolute Gasteiger partial charge is 0.484 e. The molecule has 0 saturated heterocycles. The molecule has 7 nitrogen and oxygen atoms in total. The molecule has 150 valence electrons. The summed E-state index contributed by atoms with van der Waals surface area (Å²) >= 11 is 1.50. The van der Waals surface area contributed by atoms with Gasteiger partial charge in [-0.05, 0) is 36.4 Å². The number of fused-ring (bicyclic) bond motifs is 1. The molecule has 0 aliphatic carbocycles. The molecular formula is C22H18N4O3S. The van der Waals surface area contributed by atoms with E-state index in [1.807, 2.05) is 36.4 Å². The van der Waals surface area contributed by atoms with Crippen LogP contribution in [0.5, 0.6) is 5.75 Å². The van der Waals surface area contributed by atoms with Crippen molar-refractivity contribution < 1.29 is 14.3 Å². The standard InChI is InChI=1S/C22H18N4O3S/c1-14(27)24-17-7-3-8-18(12-17)29-13-20(28)25-16-6-2-5-15(11-16)21-26-19-9-4-10-23-22(19)30-21/h2-12H,13H2,1H3,(H,24,27)(H,25,28). The Morgan fingerprint density at radius 3 is 2.60 bits per heavy atom. The van der Waals surface area contributed by atoms with Crippen LogP contribution >= 0.6 is 11.3 Å². The van der Waals surface area contributed by atoms with Gasteiger partial charge in [-0.25, -0.2) is 9.97 Å². The van der Waals surface area contributed by atoms with Crippen LogP contribution in [0.1, 0.15) is 6.92 Å². The summed E-state index contributed by atoms with van der Waals surface area (Å²) in [6.45, 7) is 1.28. The van der Waals surface area contributed by atoms with E-state index in [-0.39, 0.29) is 18.4 Å². The molecule has 0 fully saturated rings. The Labute approximate surface area is 176 Å². The molecule has 0 aliphatic rings. The van der Waals surface area contributed by atoms with Crippen LogP contribution in [0.15, 0.2) is 66.9 Å². The summed E-state index contributed by atoms with van der Waals surface area (Å²) in [6.07, 6.45) is 1.74. The second kappa shape index (κ2) is 8.71. The van der Waals surface area contributed by atoms with Crippen molar-refractivity contribution in [1.29, 1.82) is 0 Å². The van der Waals surface area contributed by atoms with Crippen LogP contribution in [-0.4, -0.2) is 28.4 Å². The highest BCUT2D eigenvalue weighted by atomic mass is 32.1. The summed E-state index contributed by atoms with van der Waals surface area (Å²) in [5.41, 5.74) is 3.01. The third-order valence-electron chi connectivity index (χ3n) is 4.08. The molecule has 0 aliphatic heterocycles. The van der Waals surface area contributed by atoms with Crippen molar-refractivity contribution in [2.45, 2.75) is 6.92 Å². The number of rotatable bonds is 6. The molecule has 0 atom stereocenters. The van der Waals surface area contributed by atoms with E-state index < -0.39 is 0 Å². The third kappa shape index (κ3) is 4.79. The van der Waals surface area contributed by atoms with Crippen LogP contribution in [0.4, 0.5) is 11.4 Å². The van der Waals surface area contributed by atoms with Crippen LogP contribution in [0.25, 0.3) is 20.9 Å². The van der Waals surface area contributed by atoms with E-state index in [2.05, 4.69) is 20.6 Å². The van der Waals surface area contributed by atoms with Crippen molar-refractivity contribution in [3.05, 3.63) is 66.9 Å². The second-order valence-electron chi connectivity index (χ2n) is 6.47. The normalized spacial score (nSPS) is 10.6. The number of ether oxygens (including phenoxy) is 1. The maximum atomic E-state index is 12.3. The van der Waals surface area contributed by atoms with E-state index in [9.17, 15) is 9.59 Å². The Bertz CT molecular complexity index is 1190. The van der Waals surface area contributed by atoms with E-state index in [4.69, 9.17) is 4.74 Å². The lowest BCUT2D eigenvalue weighted by Crippen LogP contribution is -2.20. The maximum Gasteiger partial charge on any atom is 0.262 e. The summed E-state index contributed by atoms with van der Waals surface area (Å²) in [5.74, 6) is 0.0313. The number of amides is 2. The third-order valence-corrected chi connectivity index (χ3v) is 5.11. The maximum absolute atomic E-state index is 12.3. The highest BCUT2D eigenvalue weighted by molar-refractivity contribution is 7.21. The van der Waals surface area contributed by atoms with Crippen molar-refractivity contribution in [3.63, 3.8) is 0 Å². The van der Waals surface area contributed by atoms with Gasteiger partial charge in [0.1, 0.15) is 21.1 Å². The number of thiazole rings is 1. The van der Waals surface area contributed by atoms with E-state index in [1.165, 1.54) is 18.3 Å². The van der Waals surface area contributed by atoms with Crippen molar-refractivity contribution >= 4 is 44.9 Å². The first-order valence-corrected chi connectivity index (χ1v) is 10.0. The molecule has 0 saturated carbocycles. The van der Waals surface area contributed by atoms with E-state index in [0.29, 0.717) is 17.1 Å². The van der Waals surface area contributed by atoms with Crippen LogP contribution in [0, 0.1) is 0 Å². The minimum atomic E-state index is -0.289. The molecule has 2 heterocycles. The van der Waals surface area contributed by atoms with Gasteiger partial charge in [0.25, 0.3) is 5.91 Å². The number of aromatic nitrogens is 2. The summed E-state index contributed by atoms with van der Waals surface area (Å²) < 4.78 is 5.54. The van der Waals surface area contributed by atoms with Gasteiger partial charge in [-0.1, -0.05) is 29.5 Å². The molecule has 2 aromatic heterocycles. The van der Waals surface area contributed by atoms with Gasteiger partial charge in [0, 0.05) is 36.1 Å². The number of hydrogen-bond donors (Lipinski definition) is 2. The quantitative estimate of drug-likeness (QED) is 0.486. The van der Waals surface area contributed by atoms with Crippen LogP contribution in [0.3, 0.4) is 0 Å². The molecule has 2 amide bonds. The first-order valence-electron chi connectivity index (χ1n) is 9.19. The average molecular weight is 418 g/mol. The van der Waals surface area contributed by atoms with Gasteiger partial charge in [0.2, 0.25) is 5.91 Å². The lowest BCUT2D eigenvalue weighted by atomic mass is 10.2. The number of nitrogens with one attached hydrogen (secondary N) is 2. The lowest BCUT2D eigenvalue weighted by Gasteiger charge is -2.09. The first kappa shape index (κ1) is 19.5.